The number of thioether (sulfide) groups is 1. The number of carbonyl (C=O) groups excluding carboxylic acids is 1. The maximum Gasteiger partial charge on any atom is 0.309 e. The van der Waals surface area contributed by atoms with Crippen LogP contribution in [0.2, 0.25) is 0 Å². The molecule has 0 fully saturated rings. The van der Waals surface area contributed by atoms with E-state index in [1.54, 1.807) is 29.3 Å². The van der Waals surface area contributed by atoms with Crippen molar-refractivity contribution in [2.24, 2.45) is 0 Å². The Hall–Kier alpha value is -2.84. The molecule has 1 aromatic heterocycles. The Labute approximate surface area is 177 Å². The highest BCUT2D eigenvalue weighted by molar-refractivity contribution is 7.99. The second kappa shape index (κ2) is 10.1. The van der Waals surface area contributed by atoms with Crippen LogP contribution in [0.4, 0.5) is 10.8 Å². The van der Waals surface area contributed by atoms with Gasteiger partial charge in [0.1, 0.15) is 0 Å². The molecule has 1 heterocycles. The largest absolute Gasteiger partial charge is 0.481 e. The number of hydrogen-bond acceptors (Lipinski definition) is 6. The van der Waals surface area contributed by atoms with E-state index in [1.807, 2.05) is 24.3 Å². The van der Waals surface area contributed by atoms with Crippen LogP contribution in [0.25, 0.3) is 0 Å². The first-order valence-electron chi connectivity index (χ1n) is 9.07. The molecule has 3 rings (SSSR count). The molecule has 0 unspecified atom stereocenters. The highest BCUT2D eigenvalue weighted by Gasteiger charge is 2.11. The number of nitrogens with zero attached hydrogens (tertiary/aromatic N) is 1. The number of aliphatic carboxylic acids is 1. The van der Waals surface area contributed by atoms with Gasteiger partial charge in [0.2, 0.25) is 0 Å². The zero-order valence-electron chi connectivity index (χ0n) is 15.8. The van der Waals surface area contributed by atoms with Gasteiger partial charge in [-0.3, -0.25) is 14.9 Å². The maximum atomic E-state index is 12.4. The van der Waals surface area contributed by atoms with Gasteiger partial charge in [-0.2, -0.15) is 0 Å². The number of anilines is 2. The quantitative estimate of drug-likeness (QED) is 0.427. The molecule has 29 heavy (non-hydrogen) atoms. The fourth-order valence-electron chi connectivity index (χ4n) is 2.64. The number of rotatable bonds is 9. The molecule has 0 saturated carbocycles. The van der Waals surface area contributed by atoms with Crippen molar-refractivity contribution in [2.45, 2.75) is 24.8 Å². The molecule has 0 atom stereocenters. The van der Waals surface area contributed by atoms with Gasteiger partial charge in [0, 0.05) is 28.1 Å². The molecule has 0 aliphatic carbocycles. The highest BCUT2D eigenvalue weighted by atomic mass is 32.2. The van der Waals surface area contributed by atoms with Crippen molar-refractivity contribution < 1.29 is 14.7 Å². The van der Waals surface area contributed by atoms with Gasteiger partial charge < -0.3 is 10.4 Å². The van der Waals surface area contributed by atoms with Crippen molar-refractivity contribution in [3.05, 3.63) is 70.7 Å². The molecule has 2 aromatic carbocycles. The summed E-state index contributed by atoms with van der Waals surface area (Å²) in [6.45, 7) is 2.79. The van der Waals surface area contributed by atoms with Gasteiger partial charge in [0.25, 0.3) is 5.91 Å². The minimum atomic E-state index is -0.951. The molecule has 0 saturated heterocycles. The van der Waals surface area contributed by atoms with Gasteiger partial charge in [-0.25, -0.2) is 4.98 Å². The summed E-state index contributed by atoms with van der Waals surface area (Å²) in [7, 11) is 0. The monoisotopic (exact) mass is 427 g/mol. The SMILES string of the molecule is CCSc1ccccc1NCc1ccc(C(=O)Nc2nc(CC(=O)O)cs2)cc1. The number of carbonyl (C=O) groups is 2. The molecule has 1 amide bonds. The van der Waals surface area contributed by atoms with Gasteiger partial charge in [0.15, 0.2) is 5.13 Å². The summed E-state index contributed by atoms with van der Waals surface area (Å²) >= 11 is 3.01. The Balaban J connectivity index is 1.57. The topological polar surface area (TPSA) is 91.3 Å². The molecule has 0 aliphatic rings. The summed E-state index contributed by atoms with van der Waals surface area (Å²) in [5.74, 6) is -0.210. The minimum absolute atomic E-state index is 0.159. The number of carboxylic acid groups (broad SMARTS) is 1. The Morgan fingerprint density at radius 3 is 2.62 bits per heavy atom. The van der Waals surface area contributed by atoms with Crippen LogP contribution in [0.1, 0.15) is 28.5 Å². The van der Waals surface area contributed by atoms with Crippen molar-refractivity contribution in [2.75, 3.05) is 16.4 Å². The Morgan fingerprint density at radius 1 is 1.14 bits per heavy atom. The summed E-state index contributed by atoms with van der Waals surface area (Å²) in [5.41, 5.74) is 3.12. The molecular formula is C21H21N3O3S2. The van der Waals surface area contributed by atoms with Gasteiger partial charge in [-0.15, -0.1) is 23.1 Å². The second-order valence-electron chi connectivity index (χ2n) is 6.15. The first-order chi connectivity index (χ1) is 14.0. The van der Waals surface area contributed by atoms with Gasteiger partial charge in [0.05, 0.1) is 12.1 Å². The number of para-hydroxylation sites is 1. The lowest BCUT2D eigenvalue weighted by Gasteiger charge is -2.11. The van der Waals surface area contributed by atoms with Crippen molar-refractivity contribution in [3.8, 4) is 0 Å². The maximum absolute atomic E-state index is 12.4. The van der Waals surface area contributed by atoms with E-state index in [9.17, 15) is 9.59 Å². The molecule has 0 spiro atoms. The summed E-state index contributed by atoms with van der Waals surface area (Å²) in [4.78, 5) is 28.4. The van der Waals surface area contributed by atoms with Crippen molar-refractivity contribution in [3.63, 3.8) is 0 Å². The molecular weight excluding hydrogens is 406 g/mol. The zero-order chi connectivity index (χ0) is 20.6. The van der Waals surface area contributed by atoms with E-state index < -0.39 is 5.97 Å². The van der Waals surface area contributed by atoms with E-state index in [0.717, 1.165) is 17.0 Å². The minimum Gasteiger partial charge on any atom is -0.481 e. The van der Waals surface area contributed by atoms with E-state index in [-0.39, 0.29) is 12.3 Å². The predicted molar refractivity (Wildman–Crippen MR) is 118 cm³/mol. The number of thiazole rings is 1. The summed E-state index contributed by atoms with van der Waals surface area (Å²) in [6, 6.07) is 15.6. The highest BCUT2D eigenvalue weighted by Crippen LogP contribution is 2.27. The molecule has 0 aliphatic heterocycles. The predicted octanol–water partition coefficient (Wildman–Crippen LogP) is 4.75. The molecule has 3 N–H and O–H groups in total. The van der Waals surface area contributed by atoms with Crippen LogP contribution in [-0.4, -0.2) is 27.7 Å². The first-order valence-corrected chi connectivity index (χ1v) is 10.9. The van der Waals surface area contributed by atoms with Crippen molar-refractivity contribution >= 4 is 45.8 Å². The average molecular weight is 428 g/mol. The summed E-state index contributed by atoms with van der Waals surface area (Å²) in [5, 5.41) is 17.0. The van der Waals surface area contributed by atoms with Crippen LogP contribution in [0.3, 0.4) is 0 Å². The van der Waals surface area contributed by atoms with Crippen LogP contribution in [0, 0.1) is 0 Å². The van der Waals surface area contributed by atoms with E-state index >= 15 is 0 Å². The van der Waals surface area contributed by atoms with E-state index in [1.165, 1.54) is 16.2 Å². The number of nitrogens with one attached hydrogen (secondary N) is 2. The Kier molecular flexibility index (Phi) is 7.26. The number of carboxylic acids is 1. The van der Waals surface area contributed by atoms with E-state index in [2.05, 4.69) is 34.7 Å². The lowest BCUT2D eigenvalue weighted by molar-refractivity contribution is -0.136. The van der Waals surface area contributed by atoms with Crippen molar-refractivity contribution in [1.82, 2.24) is 4.98 Å². The zero-order valence-corrected chi connectivity index (χ0v) is 17.5. The second-order valence-corrected chi connectivity index (χ2v) is 8.31. The number of benzene rings is 2. The first kappa shape index (κ1) is 20.9. The standard InChI is InChI=1S/C21H21N3O3S2/c1-2-28-18-6-4-3-5-17(18)22-12-14-7-9-15(10-8-14)20(27)24-21-23-16(13-29-21)11-19(25)26/h3-10,13,22H,2,11-12H2,1H3,(H,25,26)(H,23,24,27). The normalized spacial score (nSPS) is 10.5. The third kappa shape index (κ3) is 6.07. The van der Waals surface area contributed by atoms with Crippen LogP contribution in [0.15, 0.2) is 58.8 Å². The van der Waals surface area contributed by atoms with E-state index in [0.29, 0.717) is 22.9 Å². The lowest BCUT2D eigenvalue weighted by Crippen LogP contribution is -2.12. The van der Waals surface area contributed by atoms with Crippen LogP contribution >= 0.6 is 23.1 Å². The Bertz CT molecular complexity index is 987. The summed E-state index contributed by atoms with van der Waals surface area (Å²) in [6.07, 6.45) is -0.159. The third-order valence-electron chi connectivity index (χ3n) is 3.99. The number of hydrogen-bond donors (Lipinski definition) is 3. The average Bonchev–Trinajstić information content (AvgIpc) is 3.14. The van der Waals surface area contributed by atoms with E-state index in [4.69, 9.17) is 5.11 Å². The number of aromatic nitrogens is 1. The summed E-state index contributed by atoms with van der Waals surface area (Å²) < 4.78 is 0. The molecule has 0 radical (unpaired) electrons. The Morgan fingerprint density at radius 2 is 1.90 bits per heavy atom. The van der Waals surface area contributed by atoms with Gasteiger partial charge in [-0.05, 0) is 35.6 Å². The number of amides is 1. The third-order valence-corrected chi connectivity index (χ3v) is 5.75. The fraction of sp³-hybridized carbons (Fsp3) is 0.190. The van der Waals surface area contributed by atoms with Gasteiger partial charge in [-0.1, -0.05) is 31.2 Å². The molecule has 0 bridgehead atoms. The van der Waals surface area contributed by atoms with Crippen LogP contribution in [0.5, 0.6) is 0 Å². The fourth-order valence-corrected chi connectivity index (χ4v) is 4.12. The van der Waals surface area contributed by atoms with Gasteiger partial charge >= 0.3 is 5.97 Å². The smallest absolute Gasteiger partial charge is 0.309 e. The van der Waals surface area contributed by atoms with Crippen LogP contribution in [-0.2, 0) is 17.8 Å². The molecule has 8 heteroatoms. The van der Waals surface area contributed by atoms with Crippen LogP contribution < -0.4 is 10.6 Å². The van der Waals surface area contributed by atoms with Crippen molar-refractivity contribution in [1.29, 1.82) is 0 Å². The molecule has 3 aromatic rings. The lowest BCUT2D eigenvalue weighted by atomic mass is 10.1. The molecule has 150 valence electrons. The molecule has 6 nitrogen and oxygen atoms in total.